The third-order valence-corrected chi connectivity index (χ3v) is 11.4. The summed E-state index contributed by atoms with van der Waals surface area (Å²) in [6.07, 6.45) is 4.92. The Morgan fingerprint density at radius 1 is 1.16 bits per heavy atom. The molecule has 142 valence electrons. The van der Waals surface area contributed by atoms with Crippen molar-refractivity contribution in [3.63, 3.8) is 0 Å². The number of fused-ring (bicyclic) bond motifs is 2. The van der Waals surface area contributed by atoms with Crippen molar-refractivity contribution in [2.75, 3.05) is 13.9 Å². The minimum Gasteiger partial charge on any atom is -0.414 e. The Kier molecular flexibility index (Phi) is 5.33. The summed E-state index contributed by atoms with van der Waals surface area (Å²) >= 11 is 0. The van der Waals surface area contributed by atoms with Crippen LogP contribution in [0.15, 0.2) is 11.1 Å². The topological polar surface area (TPSA) is 44.8 Å². The highest BCUT2D eigenvalue weighted by atomic mass is 28.4. The molecule has 0 bridgehead atoms. The van der Waals surface area contributed by atoms with Crippen LogP contribution in [0.5, 0.6) is 0 Å². The predicted octanol–water partition coefficient (Wildman–Crippen LogP) is 4.46. The van der Waals surface area contributed by atoms with Crippen molar-refractivity contribution < 1.29 is 18.7 Å². The smallest absolute Gasteiger partial charge is 0.192 e. The van der Waals surface area contributed by atoms with Crippen LogP contribution in [0.2, 0.25) is 18.1 Å². The van der Waals surface area contributed by atoms with Gasteiger partial charge in [-0.2, -0.15) is 0 Å². The Labute approximate surface area is 153 Å². The molecule has 1 saturated carbocycles. The second-order valence-corrected chi connectivity index (χ2v) is 14.2. The first kappa shape index (κ1) is 19.3. The second kappa shape index (κ2) is 6.91. The summed E-state index contributed by atoms with van der Waals surface area (Å²) in [5.74, 6) is 1.27. The van der Waals surface area contributed by atoms with E-state index in [2.05, 4.69) is 33.9 Å². The number of Topliss-reactive ketones (excluding diaryl/α,β-unsaturated/α-hetero) is 1. The van der Waals surface area contributed by atoms with Gasteiger partial charge in [0.25, 0.3) is 0 Å². The van der Waals surface area contributed by atoms with Crippen LogP contribution < -0.4 is 0 Å². The number of hydrogen-bond donors (Lipinski definition) is 0. The van der Waals surface area contributed by atoms with Crippen LogP contribution in [0.25, 0.3) is 0 Å². The number of carbonyl (C=O) groups is 1. The molecule has 4 nitrogen and oxygen atoms in total. The molecule has 0 saturated heterocycles. The lowest BCUT2D eigenvalue weighted by molar-refractivity contribution is -0.117. The first-order chi connectivity index (χ1) is 11.6. The molecule has 0 aromatic carbocycles. The molecule has 0 heterocycles. The van der Waals surface area contributed by atoms with Gasteiger partial charge in [0.05, 0.1) is 6.10 Å². The van der Waals surface area contributed by atoms with E-state index in [9.17, 15) is 4.79 Å². The monoisotopic (exact) mass is 366 g/mol. The summed E-state index contributed by atoms with van der Waals surface area (Å²) in [5.41, 5.74) is 2.49. The molecule has 1 fully saturated rings. The zero-order valence-corrected chi connectivity index (χ0v) is 17.7. The second-order valence-electron chi connectivity index (χ2n) is 9.48. The van der Waals surface area contributed by atoms with Crippen LogP contribution in [-0.4, -0.2) is 40.2 Å². The number of allylic oxidation sites excluding steroid dienone is 1. The van der Waals surface area contributed by atoms with Crippen LogP contribution in [0.3, 0.4) is 0 Å². The van der Waals surface area contributed by atoms with Crippen LogP contribution in [0.1, 0.15) is 52.9 Å². The van der Waals surface area contributed by atoms with Gasteiger partial charge in [0.15, 0.2) is 14.1 Å². The number of hydrogen-bond acceptors (Lipinski definition) is 4. The lowest BCUT2D eigenvalue weighted by Crippen LogP contribution is -2.43. The Balaban J connectivity index is 1.78. The fourth-order valence-corrected chi connectivity index (χ4v) is 5.98. The standard InChI is InChI=1S/C20H34O4Si/c1-20(2,3)25(5,6)24-13-9-15-14-7-8-18(21)16(14)11-19(17(15)10-13)23-12-22-4/h13,15,17,19H,7-12H2,1-6H3/t13-,15-,17-,19-/m0/s1. The molecule has 25 heavy (non-hydrogen) atoms. The van der Waals surface area contributed by atoms with Crippen molar-refractivity contribution >= 4 is 14.1 Å². The Hall–Kier alpha value is -0.493. The van der Waals surface area contributed by atoms with Gasteiger partial charge in [-0.3, -0.25) is 4.79 Å². The lowest BCUT2D eigenvalue weighted by Gasteiger charge is -2.38. The number of rotatable bonds is 5. The van der Waals surface area contributed by atoms with E-state index in [0.717, 1.165) is 31.3 Å². The minimum absolute atomic E-state index is 0.0961. The van der Waals surface area contributed by atoms with E-state index < -0.39 is 8.32 Å². The third-order valence-electron chi connectivity index (χ3n) is 6.91. The van der Waals surface area contributed by atoms with Gasteiger partial charge in [-0.25, -0.2) is 0 Å². The minimum atomic E-state index is -1.78. The molecule has 0 N–H and O–H groups in total. The van der Waals surface area contributed by atoms with Crippen LogP contribution >= 0.6 is 0 Å². The van der Waals surface area contributed by atoms with E-state index in [1.807, 2.05) is 0 Å². The molecular formula is C20H34O4Si. The summed E-state index contributed by atoms with van der Waals surface area (Å²) in [6, 6.07) is 0. The molecule has 0 spiro atoms. The maximum atomic E-state index is 12.3. The van der Waals surface area contributed by atoms with Gasteiger partial charge in [-0.05, 0) is 54.8 Å². The molecule has 3 aliphatic carbocycles. The van der Waals surface area contributed by atoms with Crippen molar-refractivity contribution in [2.24, 2.45) is 11.8 Å². The summed E-state index contributed by atoms with van der Waals surface area (Å²) in [6.45, 7) is 11.8. The van der Waals surface area contributed by atoms with Gasteiger partial charge < -0.3 is 13.9 Å². The van der Waals surface area contributed by atoms with E-state index in [1.165, 1.54) is 5.57 Å². The quantitative estimate of drug-likeness (QED) is 0.532. The van der Waals surface area contributed by atoms with E-state index in [1.54, 1.807) is 7.11 Å². The molecule has 3 aliphatic rings. The summed E-state index contributed by atoms with van der Waals surface area (Å²) in [5, 5.41) is 0.223. The maximum absolute atomic E-state index is 12.3. The Bertz CT molecular complexity index is 561. The first-order valence-electron chi connectivity index (χ1n) is 9.67. The van der Waals surface area contributed by atoms with Gasteiger partial charge in [0.2, 0.25) is 0 Å². The summed E-state index contributed by atoms with van der Waals surface area (Å²) in [4.78, 5) is 12.3. The van der Waals surface area contributed by atoms with Gasteiger partial charge in [0, 0.05) is 26.1 Å². The van der Waals surface area contributed by atoms with Crippen LogP contribution in [0.4, 0.5) is 0 Å². The molecule has 3 rings (SSSR count). The molecule has 0 unspecified atom stereocenters. The van der Waals surface area contributed by atoms with Crippen molar-refractivity contribution in [1.82, 2.24) is 0 Å². The molecule has 0 radical (unpaired) electrons. The third kappa shape index (κ3) is 3.66. The predicted molar refractivity (Wildman–Crippen MR) is 101 cm³/mol. The molecule has 0 aromatic heterocycles. The van der Waals surface area contributed by atoms with E-state index in [4.69, 9.17) is 13.9 Å². The van der Waals surface area contributed by atoms with Crippen LogP contribution in [-0.2, 0) is 18.7 Å². The molecule has 0 aromatic rings. The van der Waals surface area contributed by atoms with Crippen LogP contribution in [0, 0.1) is 11.8 Å². The fourth-order valence-electron chi connectivity index (χ4n) is 4.60. The molecule has 0 aliphatic heterocycles. The van der Waals surface area contributed by atoms with Crippen molar-refractivity contribution in [3.8, 4) is 0 Å². The van der Waals surface area contributed by atoms with Crippen molar-refractivity contribution in [2.45, 2.75) is 83.2 Å². The molecular weight excluding hydrogens is 332 g/mol. The highest BCUT2D eigenvalue weighted by Crippen LogP contribution is 2.52. The highest BCUT2D eigenvalue weighted by molar-refractivity contribution is 6.74. The number of ether oxygens (including phenoxy) is 2. The number of methoxy groups -OCH3 is 1. The fraction of sp³-hybridized carbons (Fsp3) is 0.850. The van der Waals surface area contributed by atoms with E-state index in [-0.39, 0.29) is 11.1 Å². The first-order valence-corrected chi connectivity index (χ1v) is 12.6. The van der Waals surface area contributed by atoms with Gasteiger partial charge >= 0.3 is 0 Å². The van der Waals surface area contributed by atoms with Gasteiger partial charge in [0.1, 0.15) is 6.79 Å². The molecule has 0 amide bonds. The number of ketones is 1. The maximum Gasteiger partial charge on any atom is 0.192 e. The van der Waals surface area contributed by atoms with Crippen molar-refractivity contribution in [1.29, 1.82) is 0 Å². The number of carbonyl (C=O) groups excluding carboxylic acids is 1. The largest absolute Gasteiger partial charge is 0.414 e. The summed E-state index contributed by atoms with van der Waals surface area (Å²) in [7, 11) is -0.121. The molecule has 5 heteroatoms. The van der Waals surface area contributed by atoms with Gasteiger partial charge in [-0.1, -0.05) is 26.3 Å². The molecule has 4 atom stereocenters. The SMILES string of the molecule is COCO[C@H]1CC2=C(CCC2=O)[C@@H]2C[C@H](O[Si](C)(C)C(C)(C)C)C[C@H]12. The summed E-state index contributed by atoms with van der Waals surface area (Å²) < 4.78 is 17.9. The van der Waals surface area contributed by atoms with E-state index >= 15 is 0 Å². The zero-order chi connectivity index (χ0) is 18.4. The highest BCUT2D eigenvalue weighted by Gasteiger charge is 2.50. The van der Waals surface area contributed by atoms with Crippen molar-refractivity contribution in [3.05, 3.63) is 11.1 Å². The average molecular weight is 367 g/mol. The average Bonchev–Trinajstić information content (AvgIpc) is 3.07. The Morgan fingerprint density at radius 3 is 2.52 bits per heavy atom. The Morgan fingerprint density at radius 2 is 1.88 bits per heavy atom. The van der Waals surface area contributed by atoms with E-state index in [0.29, 0.717) is 36.9 Å². The lowest BCUT2D eigenvalue weighted by atomic mass is 9.76. The van der Waals surface area contributed by atoms with Gasteiger partial charge in [-0.15, -0.1) is 0 Å². The zero-order valence-electron chi connectivity index (χ0n) is 16.7. The normalized spacial score (nSPS) is 33.0.